The molecular weight excluding hydrogens is 314 g/mol. The Kier molecular flexibility index (Phi) is 4.41. The molecule has 0 bridgehead atoms. The number of rotatable bonds is 1. The van der Waals surface area contributed by atoms with E-state index in [1.54, 1.807) is 11.3 Å². The number of aliphatic imine (C=N–C) groups is 2. The van der Waals surface area contributed by atoms with Crippen molar-refractivity contribution >= 4 is 27.9 Å². The molecule has 24 heavy (non-hydrogen) atoms. The number of thiophene rings is 1. The third-order valence-electron chi connectivity index (χ3n) is 4.51. The zero-order chi connectivity index (χ0) is 17.4. The van der Waals surface area contributed by atoms with E-state index in [4.69, 9.17) is 4.99 Å². The Morgan fingerprint density at radius 3 is 2.50 bits per heavy atom. The lowest BCUT2D eigenvalue weighted by atomic mass is 9.99. The second kappa shape index (κ2) is 6.36. The molecule has 1 aromatic heterocycles. The van der Waals surface area contributed by atoms with Gasteiger partial charge in [-0.3, -0.25) is 14.9 Å². The van der Waals surface area contributed by atoms with Crippen LogP contribution in [0, 0.1) is 20.8 Å². The van der Waals surface area contributed by atoms with Gasteiger partial charge in [-0.2, -0.15) is 0 Å². The molecule has 0 amide bonds. The summed E-state index contributed by atoms with van der Waals surface area (Å²) in [5.74, 6) is 0.947. The third-order valence-corrected chi connectivity index (χ3v) is 5.71. The highest BCUT2D eigenvalue weighted by Crippen LogP contribution is 2.40. The van der Waals surface area contributed by atoms with Crippen molar-refractivity contribution in [3.63, 3.8) is 0 Å². The van der Waals surface area contributed by atoms with Crippen molar-refractivity contribution in [2.24, 2.45) is 9.98 Å². The maximum Gasteiger partial charge on any atom is 0.111 e. The number of hydrogen-bond donors (Lipinski definition) is 0. The molecule has 1 aliphatic heterocycles. The van der Waals surface area contributed by atoms with Crippen LogP contribution in [0.3, 0.4) is 0 Å². The largest absolute Gasteiger partial charge is 0.292 e. The van der Waals surface area contributed by atoms with Crippen molar-refractivity contribution in [3.8, 4) is 0 Å². The number of fused-ring (bicyclic) bond motifs is 1. The van der Waals surface area contributed by atoms with E-state index in [0.29, 0.717) is 6.54 Å². The van der Waals surface area contributed by atoms with Crippen LogP contribution < -0.4 is 4.90 Å². The third kappa shape index (κ3) is 2.71. The molecule has 0 N–H and O–H groups in total. The zero-order valence-corrected chi connectivity index (χ0v) is 15.8. The normalized spacial score (nSPS) is 15.2. The van der Waals surface area contributed by atoms with Gasteiger partial charge in [-0.1, -0.05) is 36.4 Å². The van der Waals surface area contributed by atoms with Gasteiger partial charge >= 0.3 is 0 Å². The van der Waals surface area contributed by atoms with Crippen LogP contribution in [0.1, 0.15) is 34.1 Å². The standard InChI is InChI=1S/C20H23N3S/c1-12-7-9-17(10-8-12)19-18-14(3)15(4)24-20(18)23(16(5)21-6)13(2)11-22-19/h7-10H,2,11H2,1,3-6H3. The predicted octanol–water partition coefficient (Wildman–Crippen LogP) is 4.89. The molecule has 0 atom stereocenters. The van der Waals surface area contributed by atoms with Crippen LogP contribution in [-0.2, 0) is 0 Å². The number of amidine groups is 1. The number of anilines is 1. The first-order chi connectivity index (χ1) is 11.4. The number of aryl methyl sites for hydroxylation is 2. The van der Waals surface area contributed by atoms with Gasteiger partial charge in [0.15, 0.2) is 0 Å². The van der Waals surface area contributed by atoms with E-state index in [1.807, 2.05) is 14.0 Å². The highest BCUT2D eigenvalue weighted by atomic mass is 32.1. The first-order valence-electron chi connectivity index (χ1n) is 8.07. The van der Waals surface area contributed by atoms with E-state index in [0.717, 1.165) is 22.8 Å². The second-order valence-corrected chi connectivity index (χ2v) is 7.37. The van der Waals surface area contributed by atoms with Crippen molar-refractivity contribution in [3.05, 3.63) is 63.7 Å². The van der Waals surface area contributed by atoms with Crippen LogP contribution in [0.5, 0.6) is 0 Å². The van der Waals surface area contributed by atoms with Gasteiger partial charge in [0.25, 0.3) is 0 Å². The van der Waals surface area contributed by atoms with E-state index < -0.39 is 0 Å². The minimum absolute atomic E-state index is 0.579. The van der Waals surface area contributed by atoms with Crippen LogP contribution in [-0.4, -0.2) is 25.1 Å². The van der Waals surface area contributed by atoms with Crippen LogP contribution in [0.15, 0.2) is 46.5 Å². The van der Waals surface area contributed by atoms with E-state index >= 15 is 0 Å². The molecule has 3 nitrogen and oxygen atoms in total. The van der Waals surface area contributed by atoms with E-state index in [9.17, 15) is 0 Å². The van der Waals surface area contributed by atoms with Crippen molar-refractivity contribution < 1.29 is 0 Å². The van der Waals surface area contributed by atoms with E-state index in [2.05, 4.69) is 61.5 Å². The Bertz CT molecular complexity index is 854. The fraction of sp³-hybridized carbons (Fsp3) is 0.300. The molecule has 124 valence electrons. The molecule has 0 aliphatic carbocycles. The lowest BCUT2D eigenvalue weighted by Crippen LogP contribution is -2.28. The van der Waals surface area contributed by atoms with Gasteiger partial charge in [0, 0.05) is 28.7 Å². The summed E-state index contributed by atoms with van der Waals surface area (Å²) >= 11 is 1.79. The van der Waals surface area contributed by atoms with E-state index in [-0.39, 0.29) is 0 Å². The van der Waals surface area contributed by atoms with Crippen molar-refractivity contribution in [1.29, 1.82) is 0 Å². The Morgan fingerprint density at radius 2 is 1.88 bits per heavy atom. The molecule has 1 aliphatic rings. The Labute approximate surface area is 148 Å². The average molecular weight is 337 g/mol. The highest BCUT2D eigenvalue weighted by Gasteiger charge is 2.28. The minimum Gasteiger partial charge on any atom is -0.292 e. The summed E-state index contributed by atoms with van der Waals surface area (Å²) in [6.07, 6.45) is 0. The molecule has 0 spiro atoms. The first-order valence-corrected chi connectivity index (χ1v) is 8.88. The summed E-state index contributed by atoms with van der Waals surface area (Å²) in [6, 6.07) is 8.60. The van der Waals surface area contributed by atoms with Gasteiger partial charge in [0.1, 0.15) is 10.8 Å². The fourth-order valence-corrected chi connectivity index (χ4v) is 4.18. The Balaban J connectivity index is 2.25. The molecule has 3 rings (SSSR count). The summed E-state index contributed by atoms with van der Waals surface area (Å²) < 4.78 is 0. The molecule has 0 saturated heterocycles. The van der Waals surface area contributed by atoms with E-state index in [1.165, 1.54) is 26.6 Å². The summed E-state index contributed by atoms with van der Waals surface area (Å²) in [5, 5.41) is 1.18. The fourth-order valence-electron chi connectivity index (χ4n) is 2.93. The molecule has 0 unspecified atom stereocenters. The van der Waals surface area contributed by atoms with Crippen molar-refractivity contribution in [2.45, 2.75) is 27.7 Å². The van der Waals surface area contributed by atoms with Gasteiger partial charge < -0.3 is 0 Å². The van der Waals surface area contributed by atoms with Gasteiger partial charge in [0.2, 0.25) is 0 Å². The number of hydrogen-bond acceptors (Lipinski definition) is 3. The minimum atomic E-state index is 0.579. The maximum absolute atomic E-state index is 4.91. The van der Waals surface area contributed by atoms with Crippen LogP contribution in [0.4, 0.5) is 5.00 Å². The van der Waals surface area contributed by atoms with Gasteiger partial charge in [-0.15, -0.1) is 11.3 Å². The van der Waals surface area contributed by atoms with Gasteiger partial charge in [0.05, 0.1) is 12.3 Å². The van der Waals surface area contributed by atoms with Crippen molar-refractivity contribution in [2.75, 3.05) is 18.5 Å². The summed E-state index contributed by atoms with van der Waals surface area (Å²) in [4.78, 5) is 12.8. The van der Waals surface area contributed by atoms with Crippen LogP contribution >= 0.6 is 11.3 Å². The Hall–Kier alpha value is -2.20. The second-order valence-electron chi connectivity index (χ2n) is 6.17. The lowest BCUT2D eigenvalue weighted by Gasteiger charge is -2.23. The summed E-state index contributed by atoms with van der Waals surface area (Å²) in [5.41, 5.74) is 6.93. The van der Waals surface area contributed by atoms with Crippen LogP contribution in [0.25, 0.3) is 0 Å². The monoisotopic (exact) mass is 337 g/mol. The topological polar surface area (TPSA) is 28.0 Å². The molecular formula is C20H23N3S. The first kappa shape index (κ1) is 16.7. The van der Waals surface area contributed by atoms with Gasteiger partial charge in [-0.05, 0) is 33.3 Å². The molecule has 4 heteroatoms. The highest BCUT2D eigenvalue weighted by molar-refractivity contribution is 7.17. The van der Waals surface area contributed by atoms with Crippen molar-refractivity contribution in [1.82, 2.24) is 0 Å². The number of benzene rings is 1. The lowest BCUT2D eigenvalue weighted by molar-refractivity contribution is 1.09. The zero-order valence-electron chi connectivity index (χ0n) is 15.0. The maximum atomic E-state index is 4.91. The average Bonchev–Trinajstić information content (AvgIpc) is 2.76. The smallest absolute Gasteiger partial charge is 0.111 e. The van der Waals surface area contributed by atoms with Crippen LogP contribution in [0.2, 0.25) is 0 Å². The molecule has 0 saturated carbocycles. The molecule has 0 radical (unpaired) electrons. The predicted molar refractivity (Wildman–Crippen MR) is 106 cm³/mol. The quantitative estimate of drug-likeness (QED) is 0.538. The molecule has 0 fully saturated rings. The van der Waals surface area contributed by atoms with Gasteiger partial charge in [-0.25, -0.2) is 0 Å². The Morgan fingerprint density at radius 1 is 1.21 bits per heavy atom. The summed E-state index contributed by atoms with van der Waals surface area (Å²) in [7, 11) is 1.82. The molecule has 2 heterocycles. The SMILES string of the molecule is C=C1CN=C(c2ccc(C)cc2)c2c(sc(C)c2C)N1C(C)=NC. The number of nitrogens with zero attached hydrogens (tertiary/aromatic N) is 3. The molecule has 2 aromatic rings. The molecule has 1 aromatic carbocycles. The summed E-state index contributed by atoms with van der Waals surface area (Å²) in [6.45, 7) is 13.3.